The van der Waals surface area contributed by atoms with Crippen LogP contribution in [0.1, 0.15) is 42.4 Å². The molecule has 3 heterocycles. The highest BCUT2D eigenvalue weighted by molar-refractivity contribution is 5.92. The summed E-state index contributed by atoms with van der Waals surface area (Å²) in [6.07, 6.45) is 3.37. The average molecular weight is 366 g/mol. The van der Waals surface area contributed by atoms with Gasteiger partial charge >= 0.3 is 0 Å². The summed E-state index contributed by atoms with van der Waals surface area (Å²) < 4.78 is 5.18. The molecule has 1 aromatic heterocycles. The molecule has 7 nitrogen and oxygen atoms in total. The number of hydrogen-bond donors (Lipinski definition) is 0. The number of ether oxygens (including phenoxy) is 1. The van der Waals surface area contributed by atoms with Crippen LogP contribution >= 0.6 is 0 Å². The molecular weight excluding hydrogens is 344 g/mol. The van der Waals surface area contributed by atoms with Crippen LogP contribution in [0.3, 0.4) is 0 Å². The zero-order chi connectivity index (χ0) is 18.8. The molecule has 2 aliphatic heterocycles. The number of rotatable bonds is 5. The van der Waals surface area contributed by atoms with Crippen LogP contribution in [-0.4, -0.2) is 39.7 Å². The maximum atomic E-state index is 12.7. The second-order valence-electron chi connectivity index (χ2n) is 6.79. The van der Waals surface area contributed by atoms with Gasteiger partial charge in [-0.3, -0.25) is 4.79 Å². The standard InChI is InChI=1S/C20H22N4O3/c1-3-15-9-18(27-23-15)20(25)24-11-14-10-21-19(22-17(14)12-24)8-13-4-6-16(26-2)7-5-13/h4-7,10,18H,3,8-9,11-12H2,1-2H3/t18-/m1/s1. The van der Waals surface area contributed by atoms with Crippen molar-refractivity contribution >= 4 is 11.6 Å². The first-order chi connectivity index (χ1) is 13.2. The Kier molecular flexibility index (Phi) is 4.75. The zero-order valence-corrected chi connectivity index (χ0v) is 15.5. The van der Waals surface area contributed by atoms with Crippen molar-refractivity contribution in [2.75, 3.05) is 7.11 Å². The van der Waals surface area contributed by atoms with Crippen molar-refractivity contribution in [3.05, 3.63) is 53.1 Å². The van der Waals surface area contributed by atoms with Gasteiger partial charge in [-0.2, -0.15) is 0 Å². The van der Waals surface area contributed by atoms with E-state index >= 15 is 0 Å². The fourth-order valence-electron chi connectivity index (χ4n) is 3.33. The van der Waals surface area contributed by atoms with Crippen LogP contribution in [0.2, 0.25) is 0 Å². The van der Waals surface area contributed by atoms with Gasteiger partial charge in [0.15, 0.2) is 0 Å². The summed E-state index contributed by atoms with van der Waals surface area (Å²) in [5, 5.41) is 3.98. The summed E-state index contributed by atoms with van der Waals surface area (Å²) in [5.41, 5.74) is 3.96. The van der Waals surface area contributed by atoms with E-state index in [1.165, 1.54) is 0 Å². The predicted molar refractivity (Wildman–Crippen MR) is 99.3 cm³/mol. The number of amides is 1. The molecule has 2 aromatic rings. The number of nitrogens with zero attached hydrogens (tertiary/aromatic N) is 4. The van der Waals surface area contributed by atoms with E-state index in [-0.39, 0.29) is 5.91 Å². The molecule has 0 saturated carbocycles. The van der Waals surface area contributed by atoms with Crippen molar-refractivity contribution in [3.8, 4) is 5.75 Å². The summed E-state index contributed by atoms with van der Waals surface area (Å²) in [4.78, 5) is 28.9. The minimum atomic E-state index is -0.499. The van der Waals surface area contributed by atoms with Gasteiger partial charge in [0.25, 0.3) is 5.91 Å². The molecule has 1 aromatic carbocycles. The van der Waals surface area contributed by atoms with Crippen molar-refractivity contribution in [1.29, 1.82) is 0 Å². The number of hydrogen-bond acceptors (Lipinski definition) is 6. The number of methoxy groups -OCH3 is 1. The minimum Gasteiger partial charge on any atom is -0.497 e. The Balaban J connectivity index is 1.41. The van der Waals surface area contributed by atoms with Crippen LogP contribution in [0, 0.1) is 0 Å². The third kappa shape index (κ3) is 3.63. The van der Waals surface area contributed by atoms with Gasteiger partial charge in [0.2, 0.25) is 6.10 Å². The lowest BCUT2D eigenvalue weighted by molar-refractivity contribution is -0.142. The summed E-state index contributed by atoms with van der Waals surface area (Å²) in [6, 6.07) is 7.87. The average Bonchev–Trinajstić information content (AvgIpc) is 3.34. The maximum Gasteiger partial charge on any atom is 0.267 e. The molecule has 1 amide bonds. The molecule has 27 heavy (non-hydrogen) atoms. The maximum absolute atomic E-state index is 12.7. The van der Waals surface area contributed by atoms with Crippen LogP contribution in [-0.2, 0) is 29.1 Å². The highest BCUT2D eigenvalue weighted by Gasteiger charge is 2.34. The van der Waals surface area contributed by atoms with E-state index in [1.54, 1.807) is 12.0 Å². The van der Waals surface area contributed by atoms with E-state index in [2.05, 4.69) is 15.1 Å². The van der Waals surface area contributed by atoms with Gasteiger partial charge < -0.3 is 14.5 Å². The van der Waals surface area contributed by atoms with Gasteiger partial charge in [0, 0.05) is 31.1 Å². The van der Waals surface area contributed by atoms with E-state index in [1.807, 2.05) is 37.4 Å². The quantitative estimate of drug-likeness (QED) is 0.812. The third-order valence-electron chi connectivity index (χ3n) is 4.95. The Morgan fingerprint density at radius 1 is 1.30 bits per heavy atom. The summed E-state index contributed by atoms with van der Waals surface area (Å²) >= 11 is 0. The Bertz CT molecular complexity index is 879. The topological polar surface area (TPSA) is 76.9 Å². The number of aromatic nitrogens is 2. The van der Waals surface area contributed by atoms with Crippen molar-refractivity contribution < 1.29 is 14.4 Å². The first kappa shape index (κ1) is 17.5. The lowest BCUT2D eigenvalue weighted by atomic mass is 10.1. The van der Waals surface area contributed by atoms with Crippen LogP contribution in [0.25, 0.3) is 0 Å². The van der Waals surface area contributed by atoms with Crippen LogP contribution in [0.4, 0.5) is 0 Å². The van der Waals surface area contributed by atoms with Crippen LogP contribution < -0.4 is 4.74 Å². The summed E-state index contributed by atoms with van der Waals surface area (Å²) in [7, 11) is 1.65. The second kappa shape index (κ2) is 7.34. The lowest BCUT2D eigenvalue weighted by Crippen LogP contribution is -2.35. The summed E-state index contributed by atoms with van der Waals surface area (Å²) in [6.45, 7) is 3.03. The third-order valence-corrected chi connectivity index (χ3v) is 4.95. The van der Waals surface area contributed by atoms with Crippen molar-refractivity contribution in [2.24, 2.45) is 5.16 Å². The molecule has 4 rings (SSSR count). The number of fused-ring (bicyclic) bond motifs is 1. The molecule has 0 spiro atoms. The molecule has 0 fully saturated rings. The van der Waals surface area contributed by atoms with E-state index in [0.29, 0.717) is 25.9 Å². The largest absolute Gasteiger partial charge is 0.497 e. The molecule has 0 unspecified atom stereocenters. The van der Waals surface area contributed by atoms with E-state index in [0.717, 1.165) is 40.5 Å². The van der Waals surface area contributed by atoms with Gasteiger partial charge in [-0.05, 0) is 24.1 Å². The van der Waals surface area contributed by atoms with E-state index in [9.17, 15) is 4.79 Å². The molecule has 2 aliphatic rings. The molecule has 1 atom stereocenters. The first-order valence-corrected chi connectivity index (χ1v) is 9.13. The summed E-state index contributed by atoms with van der Waals surface area (Å²) in [5.74, 6) is 1.55. The molecule has 0 N–H and O–H groups in total. The fraction of sp³-hybridized carbons (Fsp3) is 0.400. The van der Waals surface area contributed by atoms with Crippen molar-refractivity contribution in [3.63, 3.8) is 0 Å². The van der Waals surface area contributed by atoms with Gasteiger partial charge in [0.05, 0.1) is 25.1 Å². The Labute approximate surface area is 158 Å². The molecule has 0 saturated heterocycles. The monoisotopic (exact) mass is 366 g/mol. The van der Waals surface area contributed by atoms with Gasteiger partial charge in [-0.15, -0.1) is 0 Å². The molecule has 0 bridgehead atoms. The van der Waals surface area contributed by atoms with E-state index < -0.39 is 6.10 Å². The molecule has 140 valence electrons. The highest BCUT2D eigenvalue weighted by Crippen LogP contribution is 2.24. The molecule has 0 aliphatic carbocycles. The van der Waals surface area contributed by atoms with Crippen molar-refractivity contribution in [2.45, 2.75) is 45.4 Å². The zero-order valence-electron chi connectivity index (χ0n) is 15.5. The molecule has 0 radical (unpaired) electrons. The smallest absolute Gasteiger partial charge is 0.267 e. The number of carbonyl (C=O) groups excluding carboxylic acids is 1. The number of carbonyl (C=O) groups is 1. The lowest BCUT2D eigenvalue weighted by Gasteiger charge is -2.18. The van der Waals surface area contributed by atoms with Gasteiger partial charge in [-0.1, -0.05) is 24.2 Å². The highest BCUT2D eigenvalue weighted by atomic mass is 16.6. The first-order valence-electron chi connectivity index (χ1n) is 9.13. The van der Waals surface area contributed by atoms with Gasteiger partial charge in [-0.25, -0.2) is 9.97 Å². The fourth-order valence-corrected chi connectivity index (χ4v) is 3.33. The molecular formula is C20H22N4O3. The van der Waals surface area contributed by atoms with Crippen molar-refractivity contribution in [1.82, 2.24) is 14.9 Å². The van der Waals surface area contributed by atoms with E-state index in [4.69, 9.17) is 9.57 Å². The Morgan fingerprint density at radius 3 is 2.81 bits per heavy atom. The normalized spacial score (nSPS) is 18.1. The van der Waals surface area contributed by atoms with Gasteiger partial charge in [0.1, 0.15) is 11.6 Å². The number of oxime groups is 1. The van der Waals surface area contributed by atoms with Crippen LogP contribution in [0.5, 0.6) is 5.75 Å². The Hall–Kier alpha value is -2.96. The molecule has 7 heteroatoms. The minimum absolute atomic E-state index is 0.0306. The predicted octanol–water partition coefficient (Wildman–Crippen LogP) is 2.47. The SMILES string of the molecule is CCC1=NO[C@@H](C(=O)N2Cc3cnc(Cc4ccc(OC)cc4)nc3C2)C1. The van der Waals surface area contributed by atoms with Crippen LogP contribution in [0.15, 0.2) is 35.6 Å². The Morgan fingerprint density at radius 2 is 2.11 bits per heavy atom. The number of benzene rings is 1. The second-order valence-corrected chi connectivity index (χ2v) is 6.79.